The lowest BCUT2D eigenvalue weighted by Gasteiger charge is -2.37. The molecule has 1 atom stereocenters. The molecule has 5 nitrogen and oxygen atoms in total. The number of nitrogens with zero attached hydrogens (tertiary/aromatic N) is 2. The fourth-order valence-corrected chi connectivity index (χ4v) is 4.66. The largest absolute Gasteiger partial charge is 0.375 e. The maximum absolute atomic E-state index is 13.5. The second-order valence-electron chi connectivity index (χ2n) is 7.69. The van der Waals surface area contributed by atoms with Gasteiger partial charge in [-0.05, 0) is 47.0 Å². The monoisotopic (exact) mass is 418 g/mol. The third kappa shape index (κ3) is 5.03. The van der Waals surface area contributed by atoms with Crippen LogP contribution in [0.3, 0.4) is 0 Å². The fourth-order valence-electron chi connectivity index (χ4n) is 3.75. The van der Waals surface area contributed by atoms with E-state index in [0.29, 0.717) is 13.1 Å². The van der Waals surface area contributed by atoms with Crippen LogP contribution in [0.5, 0.6) is 0 Å². The molecule has 1 unspecified atom stereocenters. The van der Waals surface area contributed by atoms with Gasteiger partial charge in [-0.2, -0.15) is 0 Å². The molecule has 0 bridgehead atoms. The molecule has 0 saturated carbocycles. The molecule has 156 valence electrons. The standard InChI is InChI=1S/C22H27FN2O3S/c1-15(2)12-24(21(27)14-28-3)13-20(26)25-10-8-19-18(9-11-29-19)22(25)16-4-6-17(23)7-5-16/h4-7,9,11,15,22H,8,10,12-14H2,1-3H3. The van der Waals surface area contributed by atoms with Crippen molar-refractivity contribution >= 4 is 23.2 Å². The highest BCUT2D eigenvalue weighted by Gasteiger charge is 2.34. The minimum Gasteiger partial charge on any atom is -0.375 e. The van der Waals surface area contributed by atoms with Gasteiger partial charge in [-0.25, -0.2) is 4.39 Å². The normalized spacial score (nSPS) is 16.0. The van der Waals surface area contributed by atoms with Crippen LogP contribution in [0.4, 0.5) is 4.39 Å². The Morgan fingerprint density at radius 2 is 2.00 bits per heavy atom. The van der Waals surface area contributed by atoms with Gasteiger partial charge in [0.15, 0.2) is 0 Å². The lowest BCUT2D eigenvalue weighted by atomic mass is 9.93. The predicted octanol–water partition coefficient (Wildman–Crippen LogP) is 3.49. The van der Waals surface area contributed by atoms with Gasteiger partial charge in [0.05, 0.1) is 12.6 Å². The van der Waals surface area contributed by atoms with E-state index in [1.165, 1.54) is 24.1 Å². The first kappa shape index (κ1) is 21.5. The van der Waals surface area contributed by atoms with Crippen molar-refractivity contribution in [2.75, 3.05) is 33.4 Å². The Hall–Kier alpha value is -2.25. The summed E-state index contributed by atoms with van der Waals surface area (Å²) in [5.74, 6) is -0.370. The zero-order chi connectivity index (χ0) is 21.0. The van der Waals surface area contributed by atoms with Crippen LogP contribution in [0.15, 0.2) is 35.7 Å². The molecular weight excluding hydrogens is 391 g/mol. The van der Waals surface area contributed by atoms with E-state index in [2.05, 4.69) is 0 Å². The molecule has 2 aromatic rings. The number of hydrogen-bond donors (Lipinski definition) is 0. The third-order valence-electron chi connectivity index (χ3n) is 5.00. The molecule has 3 rings (SSSR count). The summed E-state index contributed by atoms with van der Waals surface area (Å²) in [6.45, 7) is 5.05. The molecule has 0 spiro atoms. The van der Waals surface area contributed by atoms with Crippen molar-refractivity contribution in [3.63, 3.8) is 0 Å². The summed E-state index contributed by atoms with van der Waals surface area (Å²) in [5.41, 5.74) is 1.96. The molecule has 0 radical (unpaired) electrons. The molecule has 0 N–H and O–H groups in total. The van der Waals surface area contributed by atoms with Gasteiger partial charge in [0.2, 0.25) is 11.8 Å². The lowest BCUT2D eigenvalue weighted by Crippen LogP contribution is -2.48. The highest BCUT2D eigenvalue weighted by atomic mass is 32.1. The van der Waals surface area contributed by atoms with E-state index >= 15 is 0 Å². The van der Waals surface area contributed by atoms with Crippen LogP contribution in [-0.4, -0.2) is 55.0 Å². The summed E-state index contributed by atoms with van der Waals surface area (Å²) in [7, 11) is 1.47. The number of ether oxygens (including phenoxy) is 1. The second kappa shape index (κ2) is 9.50. The number of halogens is 1. The average Bonchev–Trinajstić information content (AvgIpc) is 3.16. The van der Waals surface area contributed by atoms with Crippen LogP contribution in [0.1, 0.15) is 35.9 Å². The molecule has 2 amide bonds. The van der Waals surface area contributed by atoms with E-state index in [1.54, 1.807) is 28.4 Å². The Kier molecular flexibility index (Phi) is 7.03. The van der Waals surface area contributed by atoms with Gasteiger partial charge in [-0.3, -0.25) is 9.59 Å². The minimum absolute atomic E-state index is 0.0114. The van der Waals surface area contributed by atoms with Crippen LogP contribution < -0.4 is 0 Å². The van der Waals surface area contributed by atoms with Gasteiger partial charge >= 0.3 is 0 Å². The molecule has 0 saturated heterocycles. The van der Waals surface area contributed by atoms with Crippen molar-refractivity contribution in [1.29, 1.82) is 0 Å². The van der Waals surface area contributed by atoms with E-state index in [4.69, 9.17) is 4.74 Å². The van der Waals surface area contributed by atoms with Crippen molar-refractivity contribution in [3.8, 4) is 0 Å². The van der Waals surface area contributed by atoms with Gasteiger partial charge in [0, 0.05) is 25.1 Å². The van der Waals surface area contributed by atoms with E-state index in [0.717, 1.165) is 17.5 Å². The molecule has 0 fully saturated rings. The van der Waals surface area contributed by atoms with Crippen molar-refractivity contribution in [2.45, 2.75) is 26.3 Å². The predicted molar refractivity (Wildman–Crippen MR) is 111 cm³/mol. The first-order valence-corrected chi connectivity index (χ1v) is 10.7. The van der Waals surface area contributed by atoms with E-state index in [-0.39, 0.29) is 42.7 Å². The molecule has 7 heteroatoms. The Morgan fingerprint density at radius 1 is 1.28 bits per heavy atom. The number of benzene rings is 1. The number of hydrogen-bond acceptors (Lipinski definition) is 4. The van der Waals surface area contributed by atoms with Crippen LogP contribution in [0, 0.1) is 11.7 Å². The minimum atomic E-state index is -0.304. The van der Waals surface area contributed by atoms with Gasteiger partial charge in [-0.15, -0.1) is 11.3 Å². The van der Waals surface area contributed by atoms with Crippen molar-refractivity contribution in [3.05, 3.63) is 57.5 Å². The number of carbonyl (C=O) groups excluding carboxylic acids is 2. The first-order chi connectivity index (χ1) is 13.9. The fraction of sp³-hybridized carbons (Fsp3) is 0.455. The SMILES string of the molecule is COCC(=O)N(CC(=O)N1CCc2sccc2C1c1ccc(F)cc1)CC(C)C. The van der Waals surface area contributed by atoms with Crippen LogP contribution in [0.25, 0.3) is 0 Å². The summed E-state index contributed by atoms with van der Waals surface area (Å²) in [6, 6.07) is 8.08. The van der Waals surface area contributed by atoms with Crippen LogP contribution in [-0.2, 0) is 20.7 Å². The summed E-state index contributed by atoms with van der Waals surface area (Å²) >= 11 is 1.68. The zero-order valence-corrected chi connectivity index (χ0v) is 17.9. The quantitative estimate of drug-likeness (QED) is 0.692. The maximum Gasteiger partial charge on any atom is 0.249 e. The summed E-state index contributed by atoms with van der Waals surface area (Å²) in [4.78, 5) is 30.4. The topological polar surface area (TPSA) is 49.9 Å². The number of amides is 2. The molecule has 1 aromatic heterocycles. The average molecular weight is 419 g/mol. The number of methoxy groups -OCH3 is 1. The number of carbonyl (C=O) groups is 2. The van der Waals surface area contributed by atoms with Gasteiger partial charge in [-0.1, -0.05) is 26.0 Å². The van der Waals surface area contributed by atoms with E-state index < -0.39 is 0 Å². The lowest BCUT2D eigenvalue weighted by molar-refractivity contribution is -0.144. The van der Waals surface area contributed by atoms with Crippen molar-refractivity contribution < 1.29 is 18.7 Å². The van der Waals surface area contributed by atoms with E-state index in [9.17, 15) is 14.0 Å². The van der Waals surface area contributed by atoms with Crippen molar-refractivity contribution in [2.24, 2.45) is 5.92 Å². The second-order valence-corrected chi connectivity index (χ2v) is 8.69. The van der Waals surface area contributed by atoms with Crippen molar-refractivity contribution in [1.82, 2.24) is 9.80 Å². The number of fused-ring (bicyclic) bond motifs is 1. The van der Waals surface area contributed by atoms with Gasteiger partial charge < -0.3 is 14.5 Å². The summed E-state index contributed by atoms with van der Waals surface area (Å²) < 4.78 is 18.4. The summed E-state index contributed by atoms with van der Waals surface area (Å²) in [5, 5.41) is 2.03. The maximum atomic E-state index is 13.5. The van der Waals surface area contributed by atoms with E-state index in [1.807, 2.05) is 30.2 Å². The van der Waals surface area contributed by atoms with Gasteiger partial charge in [0.1, 0.15) is 12.4 Å². The number of thiophene rings is 1. The molecule has 1 aliphatic rings. The Morgan fingerprint density at radius 3 is 2.66 bits per heavy atom. The van der Waals surface area contributed by atoms with Crippen LogP contribution in [0.2, 0.25) is 0 Å². The molecule has 1 aromatic carbocycles. The summed E-state index contributed by atoms with van der Waals surface area (Å²) in [6.07, 6.45) is 0.784. The van der Waals surface area contributed by atoms with Gasteiger partial charge in [0.25, 0.3) is 0 Å². The molecule has 29 heavy (non-hydrogen) atoms. The zero-order valence-electron chi connectivity index (χ0n) is 17.1. The smallest absolute Gasteiger partial charge is 0.249 e. The number of rotatable bonds is 7. The Balaban J connectivity index is 1.87. The first-order valence-electron chi connectivity index (χ1n) is 9.78. The Labute approximate surface area is 175 Å². The van der Waals surface area contributed by atoms with Crippen LogP contribution >= 0.6 is 11.3 Å². The molecule has 0 aliphatic carbocycles. The highest BCUT2D eigenvalue weighted by molar-refractivity contribution is 7.10. The molecule has 1 aliphatic heterocycles. The Bertz CT molecular complexity index is 850. The molecular formula is C22H27FN2O3S. The molecule has 2 heterocycles. The third-order valence-corrected chi connectivity index (χ3v) is 6.00. The highest BCUT2D eigenvalue weighted by Crippen LogP contribution is 2.37.